The van der Waals surface area contributed by atoms with Gasteiger partial charge in [-0.1, -0.05) is 12.5 Å². The number of hydrogen-bond donors (Lipinski definition) is 3. The van der Waals surface area contributed by atoms with Crippen LogP contribution in [0.3, 0.4) is 0 Å². The Balaban J connectivity index is 1.55. The number of carbonyl (C=O) groups is 1. The highest BCUT2D eigenvalue weighted by Gasteiger charge is 2.21. The molecule has 0 unspecified atom stereocenters. The molecule has 0 saturated carbocycles. The summed E-state index contributed by atoms with van der Waals surface area (Å²) >= 11 is 0. The molecule has 1 aromatic carbocycles. The van der Waals surface area contributed by atoms with Gasteiger partial charge in [0.05, 0.1) is 17.8 Å². The Labute approximate surface area is 142 Å². The average molecular weight is 335 g/mol. The molecule has 24 heavy (non-hydrogen) atoms. The minimum Gasteiger partial charge on any atom is -0.393 e. The summed E-state index contributed by atoms with van der Waals surface area (Å²) < 4.78 is 14.4. The molecule has 2 aliphatic heterocycles. The van der Waals surface area contributed by atoms with Crippen molar-refractivity contribution in [3.8, 4) is 0 Å². The first-order valence-corrected chi connectivity index (χ1v) is 8.86. The topological polar surface area (TPSA) is 64.6 Å². The Kier molecular flexibility index (Phi) is 5.68. The fourth-order valence-electron chi connectivity index (χ4n) is 3.41. The summed E-state index contributed by atoms with van der Waals surface area (Å²) in [6, 6.07) is 5.00. The second-order valence-electron chi connectivity index (χ2n) is 6.72. The van der Waals surface area contributed by atoms with Crippen molar-refractivity contribution in [1.29, 1.82) is 0 Å². The number of aliphatic hydroxyl groups excluding tert-OH is 1. The van der Waals surface area contributed by atoms with Crippen LogP contribution in [0, 0.1) is 5.82 Å². The van der Waals surface area contributed by atoms with E-state index in [1.165, 1.54) is 6.07 Å². The normalized spacial score (nSPS) is 22.4. The van der Waals surface area contributed by atoms with E-state index >= 15 is 0 Å². The van der Waals surface area contributed by atoms with Gasteiger partial charge in [0, 0.05) is 19.6 Å². The van der Waals surface area contributed by atoms with Crippen molar-refractivity contribution in [2.45, 2.75) is 50.8 Å². The lowest BCUT2D eigenvalue weighted by molar-refractivity contribution is -0.123. The number of carbonyl (C=O) groups excluding carboxylic acids is 1. The number of halogens is 1. The number of piperidine rings is 2. The molecule has 0 radical (unpaired) electrons. The molecule has 5 nitrogen and oxygen atoms in total. The predicted octanol–water partition coefficient (Wildman–Crippen LogP) is 1.55. The van der Waals surface area contributed by atoms with Crippen molar-refractivity contribution >= 4 is 11.6 Å². The van der Waals surface area contributed by atoms with Gasteiger partial charge in [0.15, 0.2) is 0 Å². The fourth-order valence-corrected chi connectivity index (χ4v) is 3.41. The third-order valence-corrected chi connectivity index (χ3v) is 4.91. The van der Waals surface area contributed by atoms with Crippen molar-refractivity contribution in [3.63, 3.8) is 0 Å². The van der Waals surface area contributed by atoms with E-state index in [1.807, 2.05) is 11.0 Å². The molecule has 6 heteroatoms. The average Bonchev–Trinajstić information content (AvgIpc) is 2.61. The van der Waals surface area contributed by atoms with Gasteiger partial charge in [0.1, 0.15) is 5.82 Å². The smallest absolute Gasteiger partial charge is 0.237 e. The molecule has 0 aromatic heterocycles. The SMILES string of the molecule is O=C(NCc1ccc(N2CCC(O)CC2)c(F)c1)[C@@H]1CCCCN1. The van der Waals surface area contributed by atoms with E-state index in [0.717, 1.165) is 31.4 Å². The number of nitrogens with one attached hydrogen (secondary N) is 2. The summed E-state index contributed by atoms with van der Waals surface area (Å²) in [7, 11) is 0. The van der Waals surface area contributed by atoms with E-state index < -0.39 is 0 Å². The lowest BCUT2D eigenvalue weighted by Gasteiger charge is -2.31. The molecule has 2 fully saturated rings. The minimum absolute atomic E-state index is 0.01000. The second-order valence-corrected chi connectivity index (χ2v) is 6.72. The van der Waals surface area contributed by atoms with E-state index in [9.17, 15) is 14.3 Å². The zero-order valence-electron chi connectivity index (χ0n) is 13.9. The Morgan fingerprint density at radius 3 is 2.75 bits per heavy atom. The lowest BCUT2D eigenvalue weighted by atomic mass is 10.0. The van der Waals surface area contributed by atoms with Crippen LogP contribution < -0.4 is 15.5 Å². The van der Waals surface area contributed by atoms with E-state index in [1.54, 1.807) is 6.07 Å². The standard InChI is InChI=1S/C18H26FN3O2/c19-15-11-13(12-21-18(24)16-3-1-2-8-20-16)4-5-17(15)22-9-6-14(23)7-10-22/h4-5,11,14,16,20,23H,1-3,6-10,12H2,(H,21,24)/t16-/m0/s1. The van der Waals surface area contributed by atoms with Crippen LogP contribution in [0.25, 0.3) is 0 Å². The molecule has 0 spiro atoms. The number of hydrogen-bond acceptors (Lipinski definition) is 4. The summed E-state index contributed by atoms with van der Waals surface area (Å²) in [6.45, 7) is 2.56. The molecule has 132 valence electrons. The van der Waals surface area contributed by atoms with Crippen LogP contribution in [0.15, 0.2) is 18.2 Å². The van der Waals surface area contributed by atoms with Gasteiger partial charge in [-0.05, 0) is 49.9 Å². The summed E-state index contributed by atoms with van der Waals surface area (Å²) in [5, 5.41) is 15.6. The third-order valence-electron chi connectivity index (χ3n) is 4.91. The maximum Gasteiger partial charge on any atom is 0.237 e. The molecule has 0 aliphatic carbocycles. The Bertz CT molecular complexity index is 567. The molecular formula is C18H26FN3O2. The van der Waals surface area contributed by atoms with Crippen molar-refractivity contribution in [2.24, 2.45) is 0 Å². The number of rotatable bonds is 4. The maximum absolute atomic E-state index is 14.4. The highest BCUT2D eigenvalue weighted by atomic mass is 19.1. The van der Waals surface area contributed by atoms with Crippen molar-refractivity contribution in [3.05, 3.63) is 29.6 Å². The van der Waals surface area contributed by atoms with Gasteiger partial charge >= 0.3 is 0 Å². The van der Waals surface area contributed by atoms with Crippen LogP contribution in [0.1, 0.15) is 37.7 Å². The van der Waals surface area contributed by atoms with E-state index in [4.69, 9.17) is 0 Å². The molecule has 0 bridgehead atoms. The zero-order valence-corrected chi connectivity index (χ0v) is 13.9. The van der Waals surface area contributed by atoms with Gasteiger partial charge in [-0.25, -0.2) is 4.39 Å². The quantitative estimate of drug-likeness (QED) is 0.781. The highest BCUT2D eigenvalue weighted by molar-refractivity contribution is 5.81. The van der Waals surface area contributed by atoms with Crippen LogP contribution in [0.5, 0.6) is 0 Å². The van der Waals surface area contributed by atoms with Crippen LogP contribution in [0.2, 0.25) is 0 Å². The number of benzene rings is 1. The lowest BCUT2D eigenvalue weighted by Crippen LogP contribution is -2.46. The Morgan fingerprint density at radius 2 is 2.08 bits per heavy atom. The molecule has 1 aromatic rings. The van der Waals surface area contributed by atoms with Gasteiger partial charge in [0.25, 0.3) is 0 Å². The molecular weight excluding hydrogens is 309 g/mol. The van der Waals surface area contributed by atoms with Gasteiger partial charge < -0.3 is 20.6 Å². The van der Waals surface area contributed by atoms with Crippen molar-refractivity contribution < 1.29 is 14.3 Å². The van der Waals surface area contributed by atoms with E-state index in [2.05, 4.69) is 10.6 Å². The van der Waals surface area contributed by atoms with Crippen LogP contribution in [-0.4, -0.2) is 42.8 Å². The molecule has 2 heterocycles. The monoisotopic (exact) mass is 335 g/mol. The largest absolute Gasteiger partial charge is 0.393 e. The minimum atomic E-state index is -0.271. The number of nitrogens with zero attached hydrogens (tertiary/aromatic N) is 1. The third kappa shape index (κ3) is 4.24. The molecule has 3 N–H and O–H groups in total. The van der Waals surface area contributed by atoms with Gasteiger partial charge in [-0.2, -0.15) is 0 Å². The first kappa shape index (κ1) is 17.2. The molecule has 2 aliphatic rings. The highest BCUT2D eigenvalue weighted by Crippen LogP contribution is 2.24. The molecule has 2 saturated heterocycles. The van der Waals surface area contributed by atoms with E-state index in [-0.39, 0.29) is 23.9 Å². The van der Waals surface area contributed by atoms with Crippen LogP contribution >= 0.6 is 0 Å². The maximum atomic E-state index is 14.4. The zero-order chi connectivity index (χ0) is 16.9. The fraction of sp³-hybridized carbons (Fsp3) is 0.611. The predicted molar refractivity (Wildman–Crippen MR) is 91.3 cm³/mol. The molecule has 1 atom stereocenters. The van der Waals surface area contributed by atoms with Crippen molar-refractivity contribution in [2.75, 3.05) is 24.5 Å². The van der Waals surface area contributed by atoms with Gasteiger partial charge in [-0.3, -0.25) is 4.79 Å². The first-order chi connectivity index (χ1) is 11.6. The first-order valence-electron chi connectivity index (χ1n) is 8.86. The molecule has 3 rings (SSSR count). The second kappa shape index (κ2) is 7.94. The van der Waals surface area contributed by atoms with E-state index in [0.29, 0.717) is 38.2 Å². The number of anilines is 1. The Hall–Kier alpha value is -1.66. The summed E-state index contributed by atoms with van der Waals surface area (Å²) in [6.07, 6.45) is 4.12. The van der Waals surface area contributed by atoms with Gasteiger partial charge in [-0.15, -0.1) is 0 Å². The van der Waals surface area contributed by atoms with Crippen LogP contribution in [0.4, 0.5) is 10.1 Å². The summed E-state index contributed by atoms with van der Waals surface area (Å²) in [5.74, 6) is -0.280. The Morgan fingerprint density at radius 1 is 1.29 bits per heavy atom. The molecule has 1 amide bonds. The number of aliphatic hydroxyl groups is 1. The number of amides is 1. The van der Waals surface area contributed by atoms with Crippen molar-refractivity contribution in [1.82, 2.24) is 10.6 Å². The van der Waals surface area contributed by atoms with Crippen LogP contribution in [-0.2, 0) is 11.3 Å². The summed E-state index contributed by atoms with van der Waals surface area (Å²) in [5.41, 5.74) is 1.34. The van der Waals surface area contributed by atoms with Gasteiger partial charge in [0.2, 0.25) is 5.91 Å². The summed E-state index contributed by atoms with van der Waals surface area (Å²) in [4.78, 5) is 14.1.